The minimum atomic E-state index is -2.09. The Hall–Kier alpha value is -1.10. The normalized spacial score (nSPS) is 12.2. The maximum absolute atomic E-state index is 9.03. The molecule has 0 aliphatic heterocycles. The second kappa shape index (κ2) is 5.69. The third kappa shape index (κ3) is 3.02. The summed E-state index contributed by atoms with van der Waals surface area (Å²) in [5.74, 6) is 0. The van der Waals surface area contributed by atoms with Crippen molar-refractivity contribution in [3.05, 3.63) is 34.4 Å². The van der Waals surface area contributed by atoms with Crippen LogP contribution >= 0.6 is 0 Å². The largest absolute Gasteiger partial charge is 0.364 e. The fraction of sp³-hybridized carbons (Fsp3) is 0.400. The van der Waals surface area contributed by atoms with Crippen LogP contribution in [-0.2, 0) is 0 Å². The van der Waals surface area contributed by atoms with Gasteiger partial charge in [-0.2, -0.15) is 0 Å². The molecule has 0 aliphatic carbocycles. The van der Waals surface area contributed by atoms with E-state index in [2.05, 4.69) is 0 Å². The van der Waals surface area contributed by atoms with Gasteiger partial charge in [0.15, 0.2) is 25.2 Å². The fourth-order valence-electron chi connectivity index (χ4n) is 1.56. The summed E-state index contributed by atoms with van der Waals surface area (Å²) >= 11 is 0. The number of aliphatic hydroxyl groups is 8. The number of hydrogen-bond donors (Lipinski definition) is 8. The lowest BCUT2D eigenvalue weighted by molar-refractivity contribution is -0.0714. The van der Waals surface area contributed by atoms with Gasteiger partial charge in [0.05, 0.1) is 0 Å². The van der Waals surface area contributed by atoms with Crippen LogP contribution in [0.4, 0.5) is 0 Å². The maximum atomic E-state index is 9.03. The Bertz CT molecular complexity index is 338. The topological polar surface area (TPSA) is 162 Å². The molecule has 0 spiro atoms. The molecular weight excluding hydrogens is 248 g/mol. The van der Waals surface area contributed by atoms with Crippen molar-refractivity contribution in [3.63, 3.8) is 0 Å². The van der Waals surface area contributed by atoms with E-state index < -0.39 is 47.4 Å². The molecule has 0 radical (unpaired) electrons. The van der Waals surface area contributed by atoms with Gasteiger partial charge in [0.2, 0.25) is 0 Å². The summed E-state index contributed by atoms with van der Waals surface area (Å²) in [7, 11) is 0. The van der Waals surface area contributed by atoms with E-state index >= 15 is 0 Å². The van der Waals surface area contributed by atoms with E-state index in [4.69, 9.17) is 40.9 Å². The molecule has 0 aromatic heterocycles. The van der Waals surface area contributed by atoms with Crippen molar-refractivity contribution in [1.29, 1.82) is 0 Å². The maximum Gasteiger partial charge on any atom is 0.178 e. The van der Waals surface area contributed by atoms with E-state index in [1.54, 1.807) is 0 Å². The van der Waals surface area contributed by atoms with Crippen molar-refractivity contribution in [1.82, 2.24) is 0 Å². The van der Waals surface area contributed by atoms with Gasteiger partial charge in [-0.25, -0.2) is 0 Å². The molecule has 0 saturated heterocycles. The number of hydrogen-bond acceptors (Lipinski definition) is 8. The highest BCUT2D eigenvalue weighted by Gasteiger charge is 2.23. The zero-order valence-corrected chi connectivity index (χ0v) is 9.04. The molecule has 102 valence electrons. The highest BCUT2D eigenvalue weighted by Crippen LogP contribution is 2.30. The van der Waals surface area contributed by atoms with Gasteiger partial charge < -0.3 is 40.9 Å². The summed E-state index contributed by atoms with van der Waals surface area (Å²) in [5.41, 5.74) is -1.56. The molecule has 8 nitrogen and oxygen atoms in total. The van der Waals surface area contributed by atoms with Crippen molar-refractivity contribution in [2.24, 2.45) is 0 Å². The summed E-state index contributed by atoms with van der Waals surface area (Å²) in [6, 6.07) is 1.66. The van der Waals surface area contributed by atoms with Gasteiger partial charge >= 0.3 is 0 Å². The molecule has 0 bridgehead atoms. The van der Waals surface area contributed by atoms with Crippen LogP contribution in [0.25, 0.3) is 0 Å². The van der Waals surface area contributed by atoms with Crippen molar-refractivity contribution < 1.29 is 40.9 Å². The van der Waals surface area contributed by atoms with Crippen LogP contribution in [0.2, 0.25) is 0 Å². The van der Waals surface area contributed by atoms with Crippen LogP contribution < -0.4 is 0 Å². The van der Waals surface area contributed by atoms with Crippen LogP contribution in [0, 0.1) is 0 Å². The molecule has 0 unspecified atom stereocenters. The molecule has 0 aliphatic rings. The van der Waals surface area contributed by atoms with Crippen molar-refractivity contribution in [2.45, 2.75) is 25.2 Å². The second-order valence-electron chi connectivity index (χ2n) is 3.60. The molecule has 0 saturated carbocycles. The Morgan fingerprint density at radius 3 is 0.722 bits per heavy atom. The molecule has 1 aromatic rings. The van der Waals surface area contributed by atoms with Gasteiger partial charge in [0.1, 0.15) is 0 Å². The number of aliphatic hydroxyl groups excluding tert-OH is 4. The van der Waals surface area contributed by atoms with Crippen molar-refractivity contribution >= 4 is 0 Å². The first kappa shape index (κ1) is 15.0. The summed E-state index contributed by atoms with van der Waals surface area (Å²) in [6.07, 6.45) is -8.37. The van der Waals surface area contributed by atoms with Gasteiger partial charge in [-0.1, -0.05) is 0 Å². The van der Waals surface area contributed by atoms with E-state index in [0.717, 1.165) is 12.1 Å². The van der Waals surface area contributed by atoms with Crippen LogP contribution in [0.5, 0.6) is 0 Å². The van der Waals surface area contributed by atoms with Crippen molar-refractivity contribution in [2.75, 3.05) is 0 Å². The smallest absolute Gasteiger partial charge is 0.178 e. The minimum absolute atomic E-state index is 0.391. The monoisotopic (exact) mass is 262 g/mol. The lowest BCUT2D eigenvalue weighted by Gasteiger charge is -2.20. The SMILES string of the molecule is OC(O)c1cc(C(O)O)c(C(O)O)cc1C(O)O. The average Bonchev–Trinajstić information content (AvgIpc) is 2.26. The van der Waals surface area contributed by atoms with Gasteiger partial charge in [0.25, 0.3) is 0 Å². The molecule has 18 heavy (non-hydrogen) atoms. The zero-order valence-electron chi connectivity index (χ0n) is 9.04. The first-order valence-corrected chi connectivity index (χ1v) is 4.87. The van der Waals surface area contributed by atoms with Gasteiger partial charge in [-0.3, -0.25) is 0 Å². The molecule has 0 amide bonds. The van der Waals surface area contributed by atoms with E-state index in [-0.39, 0.29) is 0 Å². The quantitative estimate of drug-likeness (QED) is 0.279. The third-order valence-electron chi connectivity index (χ3n) is 2.40. The molecular formula is C10H14O8. The first-order chi connectivity index (χ1) is 8.25. The summed E-state index contributed by atoms with van der Waals surface area (Å²) in [6.45, 7) is 0. The Morgan fingerprint density at radius 1 is 0.444 bits per heavy atom. The van der Waals surface area contributed by atoms with E-state index in [0.29, 0.717) is 0 Å². The lowest BCUT2D eigenvalue weighted by atomic mass is 9.96. The highest BCUT2D eigenvalue weighted by molar-refractivity contribution is 5.40. The second-order valence-corrected chi connectivity index (χ2v) is 3.60. The predicted molar refractivity (Wildman–Crippen MR) is 55.2 cm³/mol. The Balaban J connectivity index is 3.50. The highest BCUT2D eigenvalue weighted by atomic mass is 16.5. The Kier molecular flexibility index (Phi) is 4.73. The molecule has 0 fully saturated rings. The first-order valence-electron chi connectivity index (χ1n) is 4.87. The zero-order chi connectivity index (χ0) is 14.0. The summed E-state index contributed by atoms with van der Waals surface area (Å²) in [4.78, 5) is 0. The predicted octanol–water partition coefficient (Wildman–Crippen LogP) is -2.38. The molecule has 8 N–H and O–H groups in total. The lowest BCUT2D eigenvalue weighted by Crippen LogP contribution is -2.13. The summed E-state index contributed by atoms with van der Waals surface area (Å²) < 4.78 is 0. The van der Waals surface area contributed by atoms with Crippen molar-refractivity contribution in [3.8, 4) is 0 Å². The number of benzene rings is 1. The molecule has 0 heterocycles. The van der Waals surface area contributed by atoms with Crippen LogP contribution in [0.3, 0.4) is 0 Å². The molecule has 8 heteroatoms. The van der Waals surface area contributed by atoms with Crippen LogP contribution in [0.15, 0.2) is 12.1 Å². The minimum Gasteiger partial charge on any atom is -0.364 e. The van der Waals surface area contributed by atoms with E-state index in [9.17, 15) is 0 Å². The van der Waals surface area contributed by atoms with Crippen LogP contribution in [0.1, 0.15) is 47.4 Å². The average molecular weight is 262 g/mol. The third-order valence-corrected chi connectivity index (χ3v) is 2.40. The van der Waals surface area contributed by atoms with Gasteiger partial charge in [-0.15, -0.1) is 0 Å². The van der Waals surface area contributed by atoms with E-state index in [1.807, 2.05) is 0 Å². The summed E-state index contributed by atoms with van der Waals surface area (Å²) in [5, 5.41) is 72.3. The molecule has 0 atom stereocenters. The molecule has 1 aromatic carbocycles. The Morgan fingerprint density at radius 2 is 0.611 bits per heavy atom. The number of rotatable bonds is 4. The standard InChI is InChI=1S/C10H14O8/c11-7(12)3-1-4(8(13)14)6(10(17)18)2-5(3)9(15)16/h1-2,7-18H. The van der Waals surface area contributed by atoms with Gasteiger partial charge in [0, 0.05) is 22.3 Å². The van der Waals surface area contributed by atoms with Crippen LogP contribution in [-0.4, -0.2) is 40.9 Å². The fourth-order valence-corrected chi connectivity index (χ4v) is 1.56. The van der Waals surface area contributed by atoms with Gasteiger partial charge in [-0.05, 0) is 12.1 Å². The van der Waals surface area contributed by atoms with E-state index in [1.165, 1.54) is 0 Å². The Labute approximate surface area is 101 Å². The molecule has 1 rings (SSSR count).